The van der Waals surface area contributed by atoms with Crippen molar-refractivity contribution in [3.8, 4) is 0 Å². The highest BCUT2D eigenvalue weighted by Gasteiger charge is 2.46. The minimum atomic E-state index is -0.748. The molecule has 6 nitrogen and oxygen atoms in total. The lowest BCUT2D eigenvalue weighted by Crippen LogP contribution is -2.56. The first kappa shape index (κ1) is 18.9. The van der Waals surface area contributed by atoms with Gasteiger partial charge in [0, 0.05) is 32.3 Å². The molecule has 2 N–H and O–H groups in total. The molecule has 2 aliphatic heterocycles. The minimum Gasteiger partial charge on any atom is -0.382 e. The highest BCUT2D eigenvalue weighted by atomic mass is 16.5. The van der Waals surface area contributed by atoms with Gasteiger partial charge in [0.25, 0.3) is 5.91 Å². The van der Waals surface area contributed by atoms with Gasteiger partial charge in [-0.3, -0.25) is 14.5 Å². The van der Waals surface area contributed by atoms with Gasteiger partial charge in [0.1, 0.15) is 5.54 Å². The van der Waals surface area contributed by atoms with E-state index in [9.17, 15) is 9.59 Å². The molecule has 0 radical (unpaired) electrons. The van der Waals surface area contributed by atoms with Gasteiger partial charge < -0.3 is 15.4 Å². The molecular formula is C20H29N3O3. The summed E-state index contributed by atoms with van der Waals surface area (Å²) in [5.41, 5.74) is 6.72. The number of nitrogens with zero attached hydrogens (tertiary/aromatic N) is 2. The molecule has 1 aromatic carbocycles. The number of methoxy groups -OCH3 is 1. The Morgan fingerprint density at radius 2 is 1.92 bits per heavy atom. The number of piperidine rings is 1. The van der Waals surface area contributed by atoms with Crippen molar-refractivity contribution in [2.24, 2.45) is 5.73 Å². The van der Waals surface area contributed by atoms with Crippen LogP contribution in [0.2, 0.25) is 0 Å². The van der Waals surface area contributed by atoms with E-state index in [0.717, 1.165) is 50.0 Å². The van der Waals surface area contributed by atoms with Crippen molar-refractivity contribution >= 4 is 11.8 Å². The summed E-state index contributed by atoms with van der Waals surface area (Å²) in [4.78, 5) is 28.9. The Hall–Kier alpha value is -1.92. The molecule has 1 unspecified atom stereocenters. The van der Waals surface area contributed by atoms with Crippen LogP contribution in [0.15, 0.2) is 24.3 Å². The Kier molecular flexibility index (Phi) is 5.94. The first-order valence-corrected chi connectivity index (χ1v) is 9.49. The first-order chi connectivity index (χ1) is 12.6. The molecule has 0 aliphatic carbocycles. The van der Waals surface area contributed by atoms with Crippen LogP contribution in [-0.2, 0) is 16.1 Å². The van der Waals surface area contributed by atoms with E-state index in [1.807, 2.05) is 29.2 Å². The molecule has 3 rings (SSSR count). The lowest BCUT2D eigenvalue weighted by Gasteiger charge is -2.35. The summed E-state index contributed by atoms with van der Waals surface area (Å²) in [5, 5.41) is 0. The molecule has 26 heavy (non-hydrogen) atoms. The Bertz CT molecular complexity index is 657. The number of primary amides is 1. The van der Waals surface area contributed by atoms with Crippen molar-refractivity contribution in [2.75, 3.05) is 33.4 Å². The summed E-state index contributed by atoms with van der Waals surface area (Å²) >= 11 is 0. The van der Waals surface area contributed by atoms with E-state index < -0.39 is 5.54 Å². The second-order valence-corrected chi connectivity index (χ2v) is 7.41. The van der Waals surface area contributed by atoms with Gasteiger partial charge in [0.05, 0.1) is 6.61 Å². The summed E-state index contributed by atoms with van der Waals surface area (Å²) in [6.07, 6.45) is 4.99. The maximum atomic E-state index is 12.7. The normalized spacial score (nSPS) is 24.0. The number of rotatable bonds is 6. The minimum absolute atomic E-state index is 0.103. The monoisotopic (exact) mass is 359 g/mol. The van der Waals surface area contributed by atoms with Crippen LogP contribution < -0.4 is 5.73 Å². The summed E-state index contributed by atoms with van der Waals surface area (Å²) in [6.45, 7) is 3.38. The topological polar surface area (TPSA) is 75.9 Å². The summed E-state index contributed by atoms with van der Waals surface area (Å²) in [7, 11) is 1.60. The van der Waals surface area contributed by atoms with Gasteiger partial charge in [-0.2, -0.15) is 0 Å². The lowest BCUT2D eigenvalue weighted by molar-refractivity contribution is -0.132. The molecule has 2 amide bonds. The van der Waals surface area contributed by atoms with E-state index in [-0.39, 0.29) is 11.8 Å². The molecule has 0 spiro atoms. The third-order valence-corrected chi connectivity index (χ3v) is 5.66. The third-order valence-electron chi connectivity index (χ3n) is 5.66. The molecule has 0 bridgehead atoms. The summed E-state index contributed by atoms with van der Waals surface area (Å²) in [5.74, 6) is -0.233. The van der Waals surface area contributed by atoms with E-state index in [0.29, 0.717) is 19.6 Å². The SMILES string of the molecule is COCC1(C(N)=O)CCCN1Cc1cccc(C(=O)N2CCCCC2)c1. The molecule has 2 saturated heterocycles. The predicted molar refractivity (Wildman–Crippen MR) is 99.6 cm³/mol. The van der Waals surface area contributed by atoms with Crippen LogP contribution in [0.3, 0.4) is 0 Å². The smallest absolute Gasteiger partial charge is 0.253 e. The van der Waals surface area contributed by atoms with Crippen LogP contribution in [0.4, 0.5) is 0 Å². The van der Waals surface area contributed by atoms with Gasteiger partial charge in [-0.1, -0.05) is 12.1 Å². The zero-order valence-corrected chi connectivity index (χ0v) is 15.6. The maximum Gasteiger partial charge on any atom is 0.253 e. The Morgan fingerprint density at radius 3 is 2.62 bits per heavy atom. The predicted octanol–water partition coefficient (Wildman–Crippen LogP) is 1.78. The quantitative estimate of drug-likeness (QED) is 0.840. The van der Waals surface area contributed by atoms with Crippen LogP contribution in [0.25, 0.3) is 0 Å². The average Bonchev–Trinajstić information content (AvgIpc) is 3.06. The van der Waals surface area contributed by atoms with E-state index in [4.69, 9.17) is 10.5 Å². The third kappa shape index (κ3) is 3.76. The number of carbonyl (C=O) groups excluding carboxylic acids is 2. The number of benzene rings is 1. The highest BCUT2D eigenvalue weighted by molar-refractivity contribution is 5.94. The number of ether oxygens (including phenoxy) is 1. The van der Waals surface area contributed by atoms with Gasteiger partial charge in [0.15, 0.2) is 0 Å². The number of hydrogen-bond donors (Lipinski definition) is 1. The van der Waals surface area contributed by atoms with Crippen LogP contribution in [0, 0.1) is 0 Å². The zero-order chi connectivity index (χ0) is 18.6. The maximum absolute atomic E-state index is 12.7. The van der Waals surface area contributed by atoms with Crippen LogP contribution in [0.5, 0.6) is 0 Å². The van der Waals surface area contributed by atoms with Crippen molar-refractivity contribution in [1.82, 2.24) is 9.80 Å². The van der Waals surface area contributed by atoms with Gasteiger partial charge in [0.2, 0.25) is 5.91 Å². The molecule has 1 aromatic rings. The van der Waals surface area contributed by atoms with Crippen molar-refractivity contribution in [2.45, 2.75) is 44.2 Å². The second kappa shape index (κ2) is 8.18. The summed E-state index contributed by atoms with van der Waals surface area (Å²) < 4.78 is 5.30. The Labute approximate surface area is 155 Å². The number of carbonyl (C=O) groups is 2. The van der Waals surface area contributed by atoms with Gasteiger partial charge in [-0.05, 0) is 56.3 Å². The van der Waals surface area contributed by atoms with Crippen molar-refractivity contribution < 1.29 is 14.3 Å². The molecule has 1 atom stereocenters. The van der Waals surface area contributed by atoms with E-state index >= 15 is 0 Å². The van der Waals surface area contributed by atoms with Gasteiger partial charge in [-0.15, -0.1) is 0 Å². The van der Waals surface area contributed by atoms with Gasteiger partial charge >= 0.3 is 0 Å². The molecule has 2 fully saturated rings. The zero-order valence-electron chi connectivity index (χ0n) is 15.6. The fraction of sp³-hybridized carbons (Fsp3) is 0.600. The Balaban J connectivity index is 1.75. The average molecular weight is 359 g/mol. The van der Waals surface area contributed by atoms with Crippen LogP contribution in [0.1, 0.15) is 48.0 Å². The highest BCUT2D eigenvalue weighted by Crippen LogP contribution is 2.31. The number of likely N-dealkylation sites (tertiary alicyclic amines) is 2. The van der Waals surface area contributed by atoms with Gasteiger partial charge in [-0.25, -0.2) is 0 Å². The van der Waals surface area contributed by atoms with Crippen LogP contribution in [-0.4, -0.2) is 60.5 Å². The summed E-state index contributed by atoms with van der Waals surface area (Å²) in [6, 6.07) is 7.75. The van der Waals surface area contributed by atoms with Crippen molar-refractivity contribution in [3.05, 3.63) is 35.4 Å². The fourth-order valence-corrected chi connectivity index (χ4v) is 4.22. The van der Waals surface area contributed by atoms with E-state index in [1.165, 1.54) is 6.42 Å². The van der Waals surface area contributed by atoms with Crippen LogP contribution >= 0.6 is 0 Å². The standard InChI is InChI=1S/C20H29N3O3/c1-26-15-20(19(21)25)9-6-12-23(20)14-16-7-5-8-17(13-16)18(24)22-10-3-2-4-11-22/h5,7-8,13H,2-4,6,9-12,14-15H2,1H3,(H2,21,25). The van der Waals surface area contributed by atoms with E-state index in [2.05, 4.69) is 4.90 Å². The molecular weight excluding hydrogens is 330 g/mol. The molecule has 2 heterocycles. The largest absolute Gasteiger partial charge is 0.382 e. The molecule has 6 heteroatoms. The molecule has 0 saturated carbocycles. The van der Waals surface area contributed by atoms with Crippen molar-refractivity contribution in [1.29, 1.82) is 0 Å². The number of amides is 2. The number of nitrogens with two attached hydrogens (primary N) is 1. The molecule has 0 aromatic heterocycles. The lowest BCUT2D eigenvalue weighted by atomic mass is 9.95. The molecule has 142 valence electrons. The Morgan fingerprint density at radius 1 is 1.15 bits per heavy atom. The first-order valence-electron chi connectivity index (χ1n) is 9.49. The molecule has 2 aliphatic rings. The fourth-order valence-electron chi connectivity index (χ4n) is 4.22. The number of hydrogen-bond acceptors (Lipinski definition) is 4. The van der Waals surface area contributed by atoms with E-state index in [1.54, 1.807) is 7.11 Å². The second-order valence-electron chi connectivity index (χ2n) is 7.41. The van der Waals surface area contributed by atoms with Crippen molar-refractivity contribution in [3.63, 3.8) is 0 Å².